The predicted octanol–water partition coefficient (Wildman–Crippen LogP) is 2.40. The van der Waals surface area contributed by atoms with Crippen molar-refractivity contribution < 1.29 is 9.18 Å². The van der Waals surface area contributed by atoms with Crippen LogP contribution in [0.4, 0.5) is 9.18 Å². The Kier molecular flexibility index (Phi) is 6.51. The zero-order valence-corrected chi connectivity index (χ0v) is 14.0. The van der Waals surface area contributed by atoms with Crippen molar-refractivity contribution in [3.8, 4) is 0 Å². The van der Waals surface area contributed by atoms with Crippen molar-refractivity contribution in [2.75, 3.05) is 38.7 Å². The number of thioether (sulfide) groups is 1. The predicted molar refractivity (Wildman–Crippen MR) is 89.6 cm³/mol. The van der Waals surface area contributed by atoms with Gasteiger partial charge in [-0.05, 0) is 44.0 Å². The van der Waals surface area contributed by atoms with E-state index >= 15 is 0 Å². The standard InChI is InChI=1S/C16H24FN3OS/c1-19(2)11-15-12-22-9-3-8-20(15)16(21)18-10-13-4-6-14(17)7-5-13/h4-7,15H,3,8-12H2,1-2H3,(H,18,21)/t15-/m0/s1. The third kappa shape index (κ3) is 5.18. The molecule has 0 aliphatic carbocycles. The van der Waals surface area contributed by atoms with Crippen molar-refractivity contribution in [1.29, 1.82) is 0 Å². The number of nitrogens with one attached hydrogen (secondary N) is 1. The molecule has 1 aromatic rings. The van der Waals surface area contributed by atoms with Crippen molar-refractivity contribution in [3.63, 3.8) is 0 Å². The van der Waals surface area contributed by atoms with Gasteiger partial charge in [0, 0.05) is 25.4 Å². The first-order chi connectivity index (χ1) is 10.6. The smallest absolute Gasteiger partial charge is 0.317 e. The topological polar surface area (TPSA) is 35.6 Å². The number of likely N-dealkylation sites (N-methyl/N-ethyl adjacent to an activating group) is 1. The number of hydrogen-bond acceptors (Lipinski definition) is 3. The molecule has 2 rings (SSSR count). The second kappa shape index (κ2) is 8.39. The zero-order chi connectivity index (χ0) is 15.9. The van der Waals surface area contributed by atoms with E-state index in [1.807, 2.05) is 30.8 Å². The zero-order valence-electron chi connectivity index (χ0n) is 13.2. The van der Waals surface area contributed by atoms with Crippen LogP contribution in [0.2, 0.25) is 0 Å². The second-order valence-corrected chi connectivity index (χ2v) is 6.97. The lowest BCUT2D eigenvalue weighted by molar-refractivity contribution is 0.168. The minimum absolute atomic E-state index is 0.0290. The highest BCUT2D eigenvalue weighted by atomic mass is 32.2. The van der Waals surface area contributed by atoms with E-state index in [-0.39, 0.29) is 17.9 Å². The van der Waals surface area contributed by atoms with E-state index < -0.39 is 0 Å². The first-order valence-corrected chi connectivity index (χ1v) is 8.73. The third-order valence-corrected chi connectivity index (χ3v) is 4.83. The normalized spacial score (nSPS) is 19.1. The Labute approximate surface area is 136 Å². The van der Waals surface area contributed by atoms with Gasteiger partial charge in [0.25, 0.3) is 0 Å². The second-order valence-electron chi connectivity index (χ2n) is 5.82. The van der Waals surface area contributed by atoms with E-state index in [2.05, 4.69) is 10.2 Å². The molecule has 0 saturated carbocycles. The van der Waals surface area contributed by atoms with Crippen LogP contribution in [0.5, 0.6) is 0 Å². The molecule has 1 N–H and O–H groups in total. The molecule has 1 aliphatic rings. The number of carbonyl (C=O) groups excluding carboxylic acids is 1. The fourth-order valence-corrected chi connectivity index (χ4v) is 3.61. The van der Waals surface area contributed by atoms with Gasteiger partial charge in [-0.15, -0.1) is 0 Å². The molecule has 2 amide bonds. The maximum Gasteiger partial charge on any atom is 0.317 e. The first-order valence-electron chi connectivity index (χ1n) is 7.57. The van der Waals surface area contributed by atoms with Crippen molar-refractivity contribution in [3.05, 3.63) is 35.6 Å². The van der Waals surface area contributed by atoms with Crippen LogP contribution >= 0.6 is 11.8 Å². The molecule has 1 fully saturated rings. The molecule has 1 aromatic carbocycles. The van der Waals surface area contributed by atoms with Crippen LogP contribution in [0.15, 0.2) is 24.3 Å². The third-order valence-electron chi connectivity index (χ3n) is 3.63. The van der Waals surface area contributed by atoms with Gasteiger partial charge in [0.05, 0.1) is 6.04 Å². The van der Waals surface area contributed by atoms with E-state index in [1.165, 1.54) is 12.1 Å². The Morgan fingerprint density at radius 2 is 2.14 bits per heavy atom. The van der Waals surface area contributed by atoms with Crippen LogP contribution in [0.3, 0.4) is 0 Å². The summed E-state index contributed by atoms with van der Waals surface area (Å²) in [4.78, 5) is 16.6. The van der Waals surface area contributed by atoms with E-state index in [0.29, 0.717) is 6.54 Å². The highest BCUT2D eigenvalue weighted by Gasteiger charge is 2.25. The summed E-state index contributed by atoms with van der Waals surface area (Å²) in [5, 5.41) is 2.96. The number of urea groups is 1. The molecule has 122 valence electrons. The summed E-state index contributed by atoms with van der Waals surface area (Å²) in [5.41, 5.74) is 0.906. The van der Waals surface area contributed by atoms with Crippen LogP contribution in [0, 0.1) is 5.82 Å². The van der Waals surface area contributed by atoms with Crippen molar-refractivity contribution in [2.45, 2.75) is 19.0 Å². The molecule has 4 nitrogen and oxygen atoms in total. The Balaban J connectivity index is 1.93. The minimum Gasteiger partial charge on any atom is -0.334 e. The number of amides is 2. The molecule has 1 heterocycles. The molecular formula is C16H24FN3OS. The number of rotatable bonds is 4. The molecule has 0 unspecified atom stereocenters. The van der Waals surface area contributed by atoms with E-state index in [4.69, 9.17) is 0 Å². The summed E-state index contributed by atoms with van der Waals surface area (Å²) in [6.45, 7) is 2.09. The van der Waals surface area contributed by atoms with Gasteiger partial charge in [0.15, 0.2) is 0 Å². The van der Waals surface area contributed by atoms with E-state index in [9.17, 15) is 9.18 Å². The molecule has 0 bridgehead atoms. The minimum atomic E-state index is -0.259. The fourth-order valence-electron chi connectivity index (χ4n) is 2.55. The maximum absolute atomic E-state index is 12.9. The van der Waals surface area contributed by atoms with Crippen LogP contribution in [-0.2, 0) is 6.54 Å². The summed E-state index contributed by atoms with van der Waals surface area (Å²) in [6.07, 6.45) is 1.03. The Morgan fingerprint density at radius 1 is 1.41 bits per heavy atom. The number of hydrogen-bond donors (Lipinski definition) is 1. The summed E-state index contributed by atoms with van der Waals surface area (Å²) >= 11 is 1.91. The molecule has 6 heteroatoms. The van der Waals surface area contributed by atoms with Crippen molar-refractivity contribution >= 4 is 17.8 Å². The van der Waals surface area contributed by atoms with Gasteiger partial charge >= 0.3 is 6.03 Å². The molecular weight excluding hydrogens is 301 g/mol. The molecule has 22 heavy (non-hydrogen) atoms. The first kappa shape index (κ1) is 17.1. The van der Waals surface area contributed by atoms with Gasteiger partial charge in [-0.3, -0.25) is 0 Å². The molecule has 1 atom stereocenters. The molecule has 0 radical (unpaired) electrons. The van der Waals surface area contributed by atoms with Crippen LogP contribution in [-0.4, -0.2) is 60.6 Å². The average Bonchev–Trinajstić information content (AvgIpc) is 2.71. The van der Waals surface area contributed by atoms with Crippen molar-refractivity contribution in [1.82, 2.24) is 15.1 Å². The maximum atomic E-state index is 12.9. The summed E-state index contributed by atoms with van der Waals surface area (Å²) in [5.74, 6) is 1.82. The van der Waals surface area contributed by atoms with Gasteiger partial charge in [-0.1, -0.05) is 12.1 Å². The largest absolute Gasteiger partial charge is 0.334 e. The van der Waals surface area contributed by atoms with E-state index in [1.54, 1.807) is 12.1 Å². The Morgan fingerprint density at radius 3 is 2.82 bits per heavy atom. The number of nitrogens with zero attached hydrogens (tertiary/aromatic N) is 2. The Hall–Kier alpha value is -1.27. The van der Waals surface area contributed by atoms with Gasteiger partial charge in [0.1, 0.15) is 5.82 Å². The highest BCUT2D eigenvalue weighted by molar-refractivity contribution is 7.99. The molecule has 0 spiro atoms. The van der Waals surface area contributed by atoms with Crippen LogP contribution < -0.4 is 5.32 Å². The van der Waals surface area contributed by atoms with Crippen LogP contribution in [0.1, 0.15) is 12.0 Å². The Bertz CT molecular complexity index is 481. The van der Waals surface area contributed by atoms with Gasteiger partial charge in [-0.25, -0.2) is 9.18 Å². The monoisotopic (exact) mass is 325 g/mol. The lowest BCUT2D eigenvalue weighted by atomic mass is 10.2. The fraction of sp³-hybridized carbons (Fsp3) is 0.562. The lowest BCUT2D eigenvalue weighted by Gasteiger charge is -2.31. The molecule has 1 aliphatic heterocycles. The number of benzene rings is 1. The summed E-state index contributed by atoms with van der Waals surface area (Å²) in [6, 6.07) is 6.43. The molecule has 0 aromatic heterocycles. The van der Waals surface area contributed by atoms with E-state index in [0.717, 1.165) is 36.6 Å². The summed E-state index contributed by atoms with van der Waals surface area (Å²) in [7, 11) is 4.06. The summed E-state index contributed by atoms with van der Waals surface area (Å²) < 4.78 is 12.9. The lowest BCUT2D eigenvalue weighted by Crippen LogP contribution is -2.50. The number of carbonyl (C=O) groups is 1. The van der Waals surface area contributed by atoms with Crippen molar-refractivity contribution in [2.24, 2.45) is 0 Å². The SMILES string of the molecule is CN(C)C[C@H]1CSCCCN1C(=O)NCc1ccc(F)cc1. The quantitative estimate of drug-likeness (QED) is 0.923. The van der Waals surface area contributed by atoms with Gasteiger partial charge in [-0.2, -0.15) is 11.8 Å². The van der Waals surface area contributed by atoms with Gasteiger partial charge in [0.2, 0.25) is 0 Å². The van der Waals surface area contributed by atoms with Crippen LogP contribution in [0.25, 0.3) is 0 Å². The molecule has 1 saturated heterocycles. The number of halogens is 1. The van der Waals surface area contributed by atoms with Gasteiger partial charge < -0.3 is 15.1 Å². The average molecular weight is 325 g/mol. The highest BCUT2D eigenvalue weighted by Crippen LogP contribution is 2.17.